The molecule has 0 amide bonds. The van der Waals surface area contributed by atoms with Crippen molar-refractivity contribution in [2.75, 3.05) is 0 Å². The van der Waals surface area contributed by atoms with Gasteiger partial charge in [0.05, 0.1) is 0 Å². The van der Waals surface area contributed by atoms with Gasteiger partial charge in [0.2, 0.25) is 0 Å². The number of carbonyl (C=O) groups excluding carboxylic acids is 1. The Balaban J connectivity index is 2.52. The fourth-order valence-electron chi connectivity index (χ4n) is 1.58. The molecule has 2 aromatic rings. The first-order chi connectivity index (χ1) is 6.61. The number of benzene rings is 1. The SMILES string of the molecule is O=C(O)c1c2c3oc1c(Cl)c3OC2=O. The number of hydrogen-bond acceptors (Lipinski definition) is 4. The highest BCUT2D eigenvalue weighted by atomic mass is 35.5. The molecule has 0 atom stereocenters. The second kappa shape index (κ2) is 2.01. The van der Waals surface area contributed by atoms with Gasteiger partial charge >= 0.3 is 11.9 Å². The van der Waals surface area contributed by atoms with Crippen LogP contribution in [-0.4, -0.2) is 17.0 Å². The van der Waals surface area contributed by atoms with E-state index in [0.29, 0.717) is 0 Å². The third-order valence-corrected chi connectivity index (χ3v) is 2.47. The summed E-state index contributed by atoms with van der Waals surface area (Å²) in [7, 11) is 0. The van der Waals surface area contributed by atoms with Gasteiger partial charge in [0.25, 0.3) is 0 Å². The lowest BCUT2D eigenvalue weighted by Crippen LogP contribution is -2.06. The molecule has 0 aliphatic carbocycles. The normalized spacial score (nSPS) is 13.9. The lowest BCUT2D eigenvalue weighted by Gasteiger charge is -1.89. The molecule has 0 saturated heterocycles. The van der Waals surface area contributed by atoms with Crippen molar-refractivity contribution in [2.24, 2.45) is 0 Å². The van der Waals surface area contributed by atoms with Crippen LogP contribution >= 0.6 is 11.6 Å². The molecule has 3 heterocycles. The Bertz CT molecular complexity index is 582. The van der Waals surface area contributed by atoms with Crippen LogP contribution in [0, 0.1) is 0 Å². The van der Waals surface area contributed by atoms with Crippen molar-refractivity contribution in [3.63, 3.8) is 0 Å². The van der Waals surface area contributed by atoms with Gasteiger partial charge in [-0.2, -0.15) is 0 Å². The fourth-order valence-corrected chi connectivity index (χ4v) is 1.84. The Morgan fingerprint density at radius 3 is 2.71 bits per heavy atom. The Labute approximate surface area is 81.1 Å². The zero-order valence-corrected chi connectivity index (χ0v) is 7.21. The molecule has 2 bridgehead atoms. The molecule has 14 heavy (non-hydrogen) atoms. The lowest BCUT2D eigenvalue weighted by atomic mass is 10.1. The highest BCUT2D eigenvalue weighted by Crippen LogP contribution is 2.49. The molecule has 0 saturated carbocycles. The molecule has 0 aromatic carbocycles. The van der Waals surface area contributed by atoms with Crippen molar-refractivity contribution >= 4 is 34.7 Å². The standard InChI is InChI=1S/C8HClO5/c9-3-4-1(7(10)11)2-5(13-4)6(3)14-8(2)12/h(H,10,11). The molecule has 6 heteroatoms. The van der Waals surface area contributed by atoms with E-state index >= 15 is 0 Å². The first-order valence-corrected chi connectivity index (χ1v) is 4.02. The number of ether oxygens (including phenoxy) is 1. The van der Waals surface area contributed by atoms with Crippen molar-refractivity contribution < 1.29 is 23.8 Å². The monoisotopic (exact) mass is 212 g/mol. The van der Waals surface area contributed by atoms with Gasteiger partial charge in [0.15, 0.2) is 16.9 Å². The topological polar surface area (TPSA) is 76.7 Å². The van der Waals surface area contributed by atoms with Crippen LogP contribution in [0.15, 0.2) is 4.42 Å². The van der Waals surface area contributed by atoms with Gasteiger partial charge in [-0.3, -0.25) is 0 Å². The molecule has 2 aromatic heterocycles. The van der Waals surface area contributed by atoms with E-state index in [-0.39, 0.29) is 33.1 Å². The summed E-state index contributed by atoms with van der Waals surface area (Å²) >= 11 is 5.73. The predicted molar refractivity (Wildman–Crippen MR) is 44.3 cm³/mol. The van der Waals surface area contributed by atoms with Gasteiger partial charge in [-0.15, -0.1) is 0 Å². The largest absolute Gasteiger partial charge is 0.478 e. The molecule has 0 fully saturated rings. The minimum Gasteiger partial charge on any atom is -0.478 e. The first kappa shape index (κ1) is 7.64. The number of aromatic carboxylic acids is 1. The van der Waals surface area contributed by atoms with E-state index in [0.717, 1.165) is 0 Å². The number of hydrogen-bond donors (Lipinski definition) is 1. The molecule has 3 rings (SSSR count). The van der Waals surface area contributed by atoms with Crippen LogP contribution in [0.25, 0.3) is 11.2 Å². The number of furan rings is 2. The maximum absolute atomic E-state index is 11.2. The Kier molecular flexibility index (Phi) is 1.10. The smallest absolute Gasteiger partial charge is 0.348 e. The molecule has 5 nitrogen and oxygen atoms in total. The van der Waals surface area contributed by atoms with Crippen LogP contribution in [-0.2, 0) is 0 Å². The number of carboxylic acids is 1. The highest BCUT2D eigenvalue weighted by Gasteiger charge is 2.41. The minimum absolute atomic E-state index is 0.00465. The minimum atomic E-state index is -1.25. The molecule has 1 N–H and O–H groups in total. The zero-order chi connectivity index (χ0) is 10.0. The number of fused-ring (bicyclic) bond motifs is 1. The summed E-state index contributed by atoms with van der Waals surface area (Å²) in [6, 6.07) is 0. The van der Waals surface area contributed by atoms with Crippen LogP contribution in [0.5, 0.6) is 5.75 Å². The summed E-state index contributed by atoms with van der Waals surface area (Å²) in [5.41, 5.74) is -0.111. The molecule has 1 aliphatic heterocycles. The van der Waals surface area contributed by atoms with E-state index in [1.54, 1.807) is 0 Å². The molecular formula is C8HClO5. The Morgan fingerprint density at radius 2 is 2.07 bits per heavy atom. The van der Waals surface area contributed by atoms with Gasteiger partial charge in [0, 0.05) is 0 Å². The molecule has 0 unspecified atom stereocenters. The molecule has 0 radical (unpaired) electrons. The summed E-state index contributed by atoms with van der Waals surface area (Å²) in [4.78, 5) is 22.0. The highest BCUT2D eigenvalue weighted by molar-refractivity contribution is 6.39. The third-order valence-electron chi connectivity index (χ3n) is 2.13. The fraction of sp³-hybridized carbons (Fsp3) is 0. The van der Waals surface area contributed by atoms with Crippen molar-refractivity contribution in [1.82, 2.24) is 0 Å². The molecule has 1 aliphatic rings. The average Bonchev–Trinajstić information content (AvgIpc) is 2.67. The lowest BCUT2D eigenvalue weighted by molar-refractivity contribution is 0.0679. The number of carbonyl (C=O) groups is 2. The number of rotatable bonds is 1. The second-order valence-corrected chi connectivity index (χ2v) is 3.23. The second-order valence-electron chi connectivity index (χ2n) is 2.85. The van der Waals surface area contributed by atoms with E-state index < -0.39 is 11.9 Å². The van der Waals surface area contributed by atoms with Crippen molar-refractivity contribution in [3.8, 4) is 5.75 Å². The molecule has 0 spiro atoms. The molecular weight excluding hydrogens is 212 g/mol. The van der Waals surface area contributed by atoms with Gasteiger partial charge < -0.3 is 14.3 Å². The van der Waals surface area contributed by atoms with Crippen molar-refractivity contribution in [1.29, 1.82) is 0 Å². The van der Waals surface area contributed by atoms with Gasteiger partial charge in [-0.05, 0) is 0 Å². The maximum Gasteiger partial charge on any atom is 0.348 e. The number of carboxylic acid groups (broad SMARTS) is 1. The van der Waals surface area contributed by atoms with E-state index in [1.807, 2.05) is 0 Å². The Hall–Kier alpha value is -1.75. The maximum atomic E-state index is 11.2. The third kappa shape index (κ3) is 0.599. The number of esters is 1. The predicted octanol–water partition coefficient (Wildman–Crippen LogP) is 1.75. The van der Waals surface area contributed by atoms with Gasteiger partial charge in [-0.25, -0.2) is 9.59 Å². The first-order valence-electron chi connectivity index (χ1n) is 3.64. The van der Waals surface area contributed by atoms with Gasteiger partial charge in [0.1, 0.15) is 16.1 Å². The quantitative estimate of drug-likeness (QED) is 0.729. The van der Waals surface area contributed by atoms with Crippen LogP contribution in [0.1, 0.15) is 20.7 Å². The van der Waals surface area contributed by atoms with Crippen molar-refractivity contribution in [2.45, 2.75) is 0 Å². The summed E-state index contributed by atoms with van der Waals surface area (Å²) < 4.78 is 9.78. The summed E-state index contributed by atoms with van der Waals surface area (Å²) in [5, 5.41) is 8.88. The van der Waals surface area contributed by atoms with E-state index in [4.69, 9.17) is 25.9 Å². The van der Waals surface area contributed by atoms with Crippen LogP contribution in [0.2, 0.25) is 5.02 Å². The molecule has 70 valence electrons. The average molecular weight is 213 g/mol. The Morgan fingerprint density at radius 1 is 1.36 bits per heavy atom. The van der Waals surface area contributed by atoms with Crippen LogP contribution in [0.3, 0.4) is 0 Å². The van der Waals surface area contributed by atoms with Gasteiger partial charge in [-0.1, -0.05) is 11.6 Å². The summed E-state index contributed by atoms with van der Waals surface area (Å²) in [5.74, 6) is -1.84. The van der Waals surface area contributed by atoms with E-state index in [1.165, 1.54) is 0 Å². The van der Waals surface area contributed by atoms with Crippen molar-refractivity contribution in [3.05, 3.63) is 16.1 Å². The van der Waals surface area contributed by atoms with Crippen LogP contribution in [0.4, 0.5) is 0 Å². The number of halogens is 1. The summed E-state index contributed by atoms with van der Waals surface area (Å²) in [6.45, 7) is 0. The zero-order valence-electron chi connectivity index (χ0n) is 6.46. The van der Waals surface area contributed by atoms with E-state index in [2.05, 4.69) is 0 Å². The summed E-state index contributed by atoms with van der Waals surface area (Å²) in [6.07, 6.45) is 0. The van der Waals surface area contributed by atoms with Crippen LogP contribution < -0.4 is 4.74 Å². The van der Waals surface area contributed by atoms with E-state index in [9.17, 15) is 9.59 Å².